The van der Waals surface area contributed by atoms with Gasteiger partial charge in [-0.1, -0.05) is 23.2 Å². The van der Waals surface area contributed by atoms with E-state index in [4.69, 9.17) is 27.9 Å². The van der Waals surface area contributed by atoms with Crippen molar-refractivity contribution >= 4 is 23.2 Å². The van der Waals surface area contributed by atoms with Gasteiger partial charge < -0.3 is 10.1 Å². The average molecular weight is 328 g/mol. The number of halogens is 2. The molecule has 0 amide bonds. The van der Waals surface area contributed by atoms with Crippen LogP contribution in [0.25, 0.3) is 0 Å². The van der Waals surface area contributed by atoms with Crippen LogP contribution in [0, 0.1) is 6.92 Å². The molecule has 0 saturated heterocycles. The second-order valence-electron chi connectivity index (χ2n) is 4.73. The highest BCUT2D eigenvalue weighted by Crippen LogP contribution is 2.26. The summed E-state index contributed by atoms with van der Waals surface area (Å²) in [5.74, 6) is 0.798. The van der Waals surface area contributed by atoms with E-state index >= 15 is 0 Å². The lowest BCUT2D eigenvalue weighted by molar-refractivity contribution is 0.289. The van der Waals surface area contributed by atoms with Gasteiger partial charge in [-0.05, 0) is 39.1 Å². The SMILES string of the molecule is CCn1nc(C)c(Cl)c1COc1ccc(Cl)cc1CNC. The van der Waals surface area contributed by atoms with Crippen molar-refractivity contribution in [2.75, 3.05) is 7.05 Å². The largest absolute Gasteiger partial charge is 0.487 e. The van der Waals surface area contributed by atoms with Gasteiger partial charge in [0, 0.05) is 23.7 Å². The summed E-state index contributed by atoms with van der Waals surface area (Å²) in [6.07, 6.45) is 0. The summed E-state index contributed by atoms with van der Waals surface area (Å²) in [4.78, 5) is 0. The van der Waals surface area contributed by atoms with Gasteiger partial charge in [-0.15, -0.1) is 0 Å². The van der Waals surface area contributed by atoms with Crippen LogP contribution in [0.5, 0.6) is 5.75 Å². The summed E-state index contributed by atoms with van der Waals surface area (Å²) in [6, 6.07) is 5.60. The van der Waals surface area contributed by atoms with Gasteiger partial charge in [-0.3, -0.25) is 4.68 Å². The number of nitrogens with one attached hydrogen (secondary N) is 1. The Morgan fingerprint density at radius 2 is 2.10 bits per heavy atom. The van der Waals surface area contributed by atoms with Crippen LogP contribution < -0.4 is 10.1 Å². The predicted octanol–water partition coefficient (Wildman–Crippen LogP) is 3.82. The molecule has 114 valence electrons. The highest BCUT2D eigenvalue weighted by molar-refractivity contribution is 6.31. The standard InChI is InChI=1S/C15H19Cl2N3O/c1-4-20-13(15(17)10(2)19-20)9-21-14-6-5-12(16)7-11(14)8-18-3/h5-7,18H,4,8-9H2,1-3H3. The Hall–Kier alpha value is -1.23. The van der Waals surface area contributed by atoms with Gasteiger partial charge in [-0.25, -0.2) is 0 Å². The third kappa shape index (κ3) is 3.70. The minimum atomic E-state index is 0.381. The van der Waals surface area contributed by atoms with Gasteiger partial charge in [0.1, 0.15) is 12.4 Å². The molecule has 0 aliphatic heterocycles. The van der Waals surface area contributed by atoms with E-state index in [1.807, 2.05) is 43.8 Å². The van der Waals surface area contributed by atoms with Crippen LogP contribution >= 0.6 is 23.2 Å². The van der Waals surface area contributed by atoms with Gasteiger partial charge in [0.05, 0.1) is 16.4 Å². The molecule has 6 heteroatoms. The lowest BCUT2D eigenvalue weighted by Gasteiger charge is -2.13. The van der Waals surface area contributed by atoms with Crippen molar-refractivity contribution in [1.82, 2.24) is 15.1 Å². The molecule has 0 radical (unpaired) electrons. The predicted molar refractivity (Wildman–Crippen MR) is 86.2 cm³/mol. The van der Waals surface area contributed by atoms with E-state index in [1.54, 1.807) is 0 Å². The number of rotatable bonds is 6. The Labute approximate surface area is 135 Å². The third-order valence-corrected chi connectivity index (χ3v) is 3.93. The quantitative estimate of drug-likeness (QED) is 0.876. The number of hydrogen-bond donors (Lipinski definition) is 1. The van der Waals surface area contributed by atoms with Crippen molar-refractivity contribution < 1.29 is 4.74 Å². The molecule has 0 saturated carbocycles. The smallest absolute Gasteiger partial charge is 0.131 e. The fourth-order valence-corrected chi connectivity index (χ4v) is 2.56. The van der Waals surface area contributed by atoms with Crippen LogP contribution in [0.1, 0.15) is 23.9 Å². The molecular formula is C15H19Cl2N3O. The number of hydrogen-bond acceptors (Lipinski definition) is 3. The fourth-order valence-electron chi connectivity index (χ4n) is 2.17. The van der Waals surface area contributed by atoms with Crippen molar-refractivity contribution in [3.8, 4) is 5.75 Å². The maximum Gasteiger partial charge on any atom is 0.131 e. The molecule has 0 atom stereocenters. The van der Waals surface area contributed by atoms with Gasteiger partial charge in [0.15, 0.2) is 0 Å². The second-order valence-corrected chi connectivity index (χ2v) is 5.55. The van der Waals surface area contributed by atoms with Gasteiger partial charge in [0.25, 0.3) is 0 Å². The van der Waals surface area contributed by atoms with E-state index in [0.717, 1.165) is 29.2 Å². The van der Waals surface area contributed by atoms with Gasteiger partial charge in [0.2, 0.25) is 0 Å². The molecular weight excluding hydrogens is 309 g/mol. The molecule has 1 N–H and O–H groups in total. The zero-order valence-corrected chi connectivity index (χ0v) is 13.9. The first-order valence-corrected chi connectivity index (χ1v) is 7.60. The first-order chi connectivity index (χ1) is 10.1. The summed E-state index contributed by atoms with van der Waals surface area (Å²) in [7, 11) is 1.89. The lowest BCUT2D eigenvalue weighted by atomic mass is 10.2. The highest BCUT2D eigenvalue weighted by atomic mass is 35.5. The number of nitrogens with zero attached hydrogens (tertiary/aromatic N) is 2. The number of benzene rings is 1. The molecule has 0 bridgehead atoms. The summed E-state index contributed by atoms with van der Waals surface area (Å²) in [6.45, 7) is 5.76. The molecule has 1 aromatic carbocycles. The maximum absolute atomic E-state index is 6.29. The fraction of sp³-hybridized carbons (Fsp3) is 0.400. The molecule has 4 nitrogen and oxygen atoms in total. The maximum atomic E-state index is 6.29. The van der Waals surface area contributed by atoms with Crippen LogP contribution in [0.3, 0.4) is 0 Å². The lowest BCUT2D eigenvalue weighted by Crippen LogP contribution is -2.10. The molecule has 1 aromatic heterocycles. The van der Waals surface area contributed by atoms with Gasteiger partial charge in [-0.2, -0.15) is 5.10 Å². The molecule has 0 aliphatic rings. The summed E-state index contributed by atoms with van der Waals surface area (Å²) in [5, 5.41) is 8.85. The Kier molecular flexibility index (Phi) is 5.51. The van der Waals surface area contributed by atoms with Crippen LogP contribution in [0.4, 0.5) is 0 Å². The molecule has 0 spiro atoms. The minimum absolute atomic E-state index is 0.381. The van der Waals surface area contributed by atoms with E-state index in [0.29, 0.717) is 23.2 Å². The summed E-state index contributed by atoms with van der Waals surface area (Å²) < 4.78 is 7.79. The Morgan fingerprint density at radius 3 is 2.76 bits per heavy atom. The molecule has 0 unspecified atom stereocenters. The first-order valence-electron chi connectivity index (χ1n) is 6.84. The number of aromatic nitrogens is 2. The van der Waals surface area contributed by atoms with Crippen molar-refractivity contribution in [2.24, 2.45) is 0 Å². The molecule has 2 aromatic rings. The van der Waals surface area contributed by atoms with Crippen LogP contribution in [0.15, 0.2) is 18.2 Å². The van der Waals surface area contributed by atoms with E-state index in [2.05, 4.69) is 10.4 Å². The second kappa shape index (κ2) is 7.16. The zero-order chi connectivity index (χ0) is 15.4. The Bertz CT molecular complexity index is 626. The van der Waals surface area contributed by atoms with E-state index in [9.17, 15) is 0 Å². The third-order valence-electron chi connectivity index (χ3n) is 3.21. The molecule has 21 heavy (non-hydrogen) atoms. The van der Waals surface area contributed by atoms with Crippen LogP contribution in [0.2, 0.25) is 10.0 Å². The Balaban J connectivity index is 2.20. The van der Waals surface area contributed by atoms with Crippen molar-refractivity contribution in [1.29, 1.82) is 0 Å². The van der Waals surface area contributed by atoms with Crippen LogP contribution in [-0.2, 0) is 19.7 Å². The first kappa shape index (κ1) is 16.1. The normalized spacial score (nSPS) is 10.9. The number of ether oxygens (including phenoxy) is 1. The van der Waals surface area contributed by atoms with Crippen molar-refractivity contribution in [3.63, 3.8) is 0 Å². The Morgan fingerprint density at radius 1 is 1.33 bits per heavy atom. The molecule has 2 rings (SSSR count). The van der Waals surface area contributed by atoms with E-state index in [1.165, 1.54) is 0 Å². The van der Waals surface area contributed by atoms with Gasteiger partial charge >= 0.3 is 0 Å². The van der Waals surface area contributed by atoms with E-state index < -0.39 is 0 Å². The monoisotopic (exact) mass is 327 g/mol. The summed E-state index contributed by atoms with van der Waals surface area (Å²) >= 11 is 12.3. The number of aryl methyl sites for hydroxylation is 2. The zero-order valence-electron chi connectivity index (χ0n) is 12.4. The van der Waals surface area contributed by atoms with Crippen molar-refractivity contribution in [2.45, 2.75) is 33.5 Å². The topological polar surface area (TPSA) is 39.1 Å². The minimum Gasteiger partial charge on any atom is -0.487 e. The van der Waals surface area contributed by atoms with Crippen LogP contribution in [-0.4, -0.2) is 16.8 Å². The summed E-state index contributed by atoms with van der Waals surface area (Å²) in [5.41, 5.74) is 2.73. The van der Waals surface area contributed by atoms with Crippen molar-refractivity contribution in [3.05, 3.63) is 45.2 Å². The molecule has 0 aliphatic carbocycles. The highest BCUT2D eigenvalue weighted by Gasteiger charge is 2.14. The molecule has 0 fully saturated rings. The molecule has 1 heterocycles. The van der Waals surface area contributed by atoms with E-state index in [-0.39, 0.29) is 0 Å². The average Bonchev–Trinajstić information content (AvgIpc) is 2.74.